The number of benzene rings is 3. The van der Waals surface area contributed by atoms with Gasteiger partial charge in [-0.3, -0.25) is 4.79 Å². The molecule has 0 spiro atoms. The van der Waals surface area contributed by atoms with E-state index in [0.717, 1.165) is 22.2 Å². The summed E-state index contributed by atoms with van der Waals surface area (Å²) in [7, 11) is 0. The summed E-state index contributed by atoms with van der Waals surface area (Å²) in [5.41, 5.74) is 5.83. The van der Waals surface area contributed by atoms with Crippen LogP contribution in [0.4, 0.5) is 0 Å². The molecule has 0 aliphatic heterocycles. The molecule has 0 aliphatic rings. The molecule has 4 aromatic rings. The maximum Gasteiger partial charge on any atom is 0.264 e. The molecule has 1 heterocycles. The van der Waals surface area contributed by atoms with Gasteiger partial charge in [-0.25, -0.2) is 10.1 Å². The fourth-order valence-corrected chi connectivity index (χ4v) is 3.13. The van der Waals surface area contributed by atoms with Crippen molar-refractivity contribution in [1.29, 1.82) is 0 Å². The van der Waals surface area contributed by atoms with Gasteiger partial charge >= 0.3 is 0 Å². The molecule has 8 heteroatoms. The molecule has 0 radical (unpaired) electrons. The minimum absolute atomic E-state index is 0.300. The maximum atomic E-state index is 12.5. The second-order valence-corrected chi connectivity index (χ2v) is 7.32. The lowest BCUT2D eigenvalue weighted by Gasteiger charge is -2.11. The molecule has 1 amide bonds. The van der Waals surface area contributed by atoms with E-state index in [4.69, 9.17) is 16.3 Å². The molecule has 156 valence electrons. The first-order chi connectivity index (χ1) is 15.1. The minimum atomic E-state index is -0.569. The van der Waals surface area contributed by atoms with Gasteiger partial charge in [0.15, 0.2) is 0 Å². The monoisotopic (exact) mass is 433 g/mol. The van der Waals surface area contributed by atoms with Crippen LogP contribution < -0.4 is 10.2 Å². The fourth-order valence-electron chi connectivity index (χ4n) is 3.00. The first-order valence-corrected chi connectivity index (χ1v) is 10.1. The molecule has 0 aliphatic carbocycles. The van der Waals surface area contributed by atoms with Gasteiger partial charge in [0.25, 0.3) is 5.91 Å². The number of hydrazone groups is 1. The zero-order chi connectivity index (χ0) is 21.6. The summed E-state index contributed by atoms with van der Waals surface area (Å²) in [5.74, 6) is 0.359. The van der Waals surface area contributed by atoms with Gasteiger partial charge in [-0.1, -0.05) is 53.2 Å². The largest absolute Gasteiger partial charge is 0.488 e. The summed E-state index contributed by atoms with van der Waals surface area (Å²) >= 11 is 5.92. The van der Waals surface area contributed by atoms with Crippen molar-refractivity contribution in [3.8, 4) is 5.75 Å². The number of carbonyl (C=O) groups is 1. The van der Waals surface area contributed by atoms with E-state index in [2.05, 4.69) is 20.8 Å². The van der Waals surface area contributed by atoms with Crippen molar-refractivity contribution in [2.24, 2.45) is 5.10 Å². The fraction of sp³-hybridized carbons (Fsp3) is 0.130. The zero-order valence-corrected chi connectivity index (χ0v) is 17.5. The number of amides is 1. The predicted molar refractivity (Wildman–Crippen MR) is 120 cm³/mol. The Hall–Kier alpha value is -3.71. The van der Waals surface area contributed by atoms with Crippen LogP contribution in [0.2, 0.25) is 5.02 Å². The summed E-state index contributed by atoms with van der Waals surface area (Å²) in [6, 6.07) is 21.8. The molecule has 0 saturated carbocycles. The number of ether oxygens (including phenoxy) is 1. The van der Waals surface area contributed by atoms with Crippen molar-refractivity contribution < 1.29 is 9.53 Å². The van der Waals surface area contributed by atoms with Gasteiger partial charge in [-0.2, -0.15) is 5.10 Å². The Morgan fingerprint density at radius 1 is 1.13 bits per heavy atom. The van der Waals surface area contributed by atoms with E-state index in [1.165, 1.54) is 0 Å². The molecular weight excluding hydrogens is 414 g/mol. The van der Waals surface area contributed by atoms with Crippen LogP contribution in [0.5, 0.6) is 5.75 Å². The summed E-state index contributed by atoms with van der Waals surface area (Å²) in [5, 5.41) is 12.9. The highest BCUT2D eigenvalue weighted by atomic mass is 35.5. The molecule has 7 nitrogen and oxygen atoms in total. The topological polar surface area (TPSA) is 81.4 Å². The second-order valence-electron chi connectivity index (χ2n) is 6.89. The number of para-hydroxylation sites is 2. The number of hydrogen-bond donors (Lipinski definition) is 1. The Bertz CT molecular complexity index is 1220. The van der Waals surface area contributed by atoms with Crippen molar-refractivity contribution in [1.82, 2.24) is 20.4 Å². The van der Waals surface area contributed by atoms with E-state index in [0.29, 0.717) is 17.4 Å². The van der Waals surface area contributed by atoms with Crippen molar-refractivity contribution in [2.75, 3.05) is 0 Å². The van der Waals surface area contributed by atoms with Crippen molar-refractivity contribution in [2.45, 2.75) is 19.6 Å². The van der Waals surface area contributed by atoms with Crippen LogP contribution >= 0.6 is 11.6 Å². The van der Waals surface area contributed by atoms with E-state index in [1.807, 2.05) is 72.8 Å². The number of fused-ring (bicyclic) bond motifs is 1. The smallest absolute Gasteiger partial charge is 0.264 e. The van der Waals surface area contributed by atoms with E-state index in [9.17, 15) is 4.79 Å². The average Bonchev–Trinajstić information content (AvgIpc) is 3.23. The molecule has 1 N–H and O–H groups in total. The number of rotatable bonds is 7. The third kappa shape index (κ3) is 4.90. The zero-order valence-electron chi connectivity index (χ0n) is 16.8. The number of hydrogen-bond acceptors (Lipinski definition) is 5. The van der Waals surface area contributed by atoms with Crippen LogP contribution in [0, 0.1) is 0 Å². The molecular formula is C23H20ClN5O2. The van der Waals surface area contributed by atoms with E-state index in [-0.39, 0.29) is 5.91 Å². The lowest BCUT2D eigenvalue weighted by Crippen LogP contribution is -2.28. The van der Waals surface area contributed by atoms with Crippen LogP contribution in [0.25, 0.3) is 11.0 Å². The molecule has 0 saturated heterocycles. The van der Waals surface area contributed by atoms with Crippen molar-refractivity contribution >= 4 is 34.8 Å². The Morgan fingerprint density at radius 3 is 2.71 bits per heavy atom. The molecule has 0 bridgehead atoms. The number of nitrogens with one attached hydrogen (secondary N) is 1. The Morgan fingerprint density at radius 2 is 1.87 bits per heavy atom. The molecule has 1 aromatic heterocycles. The first-order valence-electron chi connectivity index (χ1n) is 9.71. The maximum absolute atomic E-state index is 12.5. The summed E-state index contributed by atoms with van der Waals surface area (Å²) in [4.78, 5) is 12.5. The van der Waals surface area contributed by atoms with Gasteiger partial charge in [-0.05, 0) is 48.9 Å². The standard InChI is InChI=1S/C23H20ClN5O2/c1-16(29-21-8-4-3-7-20(21)26-28-29)23(30)27-25-14-18-6-2-5-9-22(18)31-15-17-10-12-19(24)13-11-17/h2-14,16H,15H2,1H3,(H,27,30)/b25-14-/t16-/m1/s1. The first kappa shape index (κ1) is 20.6. The number of aromatic nitrogens is 3. The minimum Gasteiger partial charge on any atom is -0.488 e. The molecule has 31 heavy (non-hydrogen) atoms. The Labute approximate surface area is 184 Å². The van der Waals surface area contributed by atoms with Gasteiger partial charge < -0.3 is 4.74 Å². The highest BCUT2D eigenvalue weighted by molar-refractivity contribution is 6.30. The molecule has 3 aromatic carbocycles. The number of halogens is 1. The van der Waals surface area contributed by atoms with Gasteiger partial charge in [0.2, 0.25) is 0 Å². The Balaban J connectivity index is 1.40. The van der Waals surface area contributed by atoms with Gasteiger partial charge in [-0.15, -0.1) is 5.10 Å². The summed E-state index contributed by atoms with van der Waals surface area (Å²) < 4.78 is 7.48. The molecule has 4 rings (SSSR count). The van der Waals surface area contributed by atoms with Crippen LogP contribution in [-0.2, 0) is 11.4 Å². The quantitative estimate of drug-likeness (QED) is 0.346. The van der Waals surface area contributed by atoms with Crippen molar-refractivity contribution in [3.05, 3.63) is 88.9 Å². The lowest BCUT2D eigenvalue weighted by atomic mass is 10.2. The molecule has 1 atom stereocenters. The third-order valence-electron chi connectivity index (χ3n) is 4.73. The van der Waals surface area contributed by atoms with Crippen LogP contribution in [0.3, 0.4) is 0 Å². The van der Waals surface area contributed by atoms with E-state index >= 15 is 0 Å². The number of nitrogens with zero attached hydrogens (tertiary/aromatic N) is 4. The highest BCUT2D eigenvalue weighted by Gasteiger charge is 2.18. The Kier molecular flexibility index (Phi) is 6.24. The third-order valence-corrected chi connectivity index (χ3v) is 4.98. The van der Waals surface area contributed by atoms with Crippen LogP contribution in [-0.4, -0.2) is 27.1 Å². The normalized spacial score (nSPS) is 12.2. The average molecular weight is 434 g/mol. The molecule has 0 unspecified atom stereocenters. The summed E-state index contributed by atoms with van der Waals surface area (Å²) in [6.07, 6.45) is 1.56. The molecule has 0 fully saturated rings. The lowest BCUT2D eigenvalue weighted by molar-refractivity contribution is -0.124. The van der Waals surface area contributed by atoms with Crippen molar-refractivity contribution in [3.63, 3.8) is 0 Å². The SMILES string of the molecule is C[C@H](C(=O)N/N=C\c1ccccc1OCc1ccc(Cl)cc1)n1nnc2ccccc21. The predicted octanol–water partition coefficient (Wildman–Crippen LogP) is 4.38. The second kappa shape index (κ2) is 9.40. The van der Waals surface area contributed by atoms with Crippen LogP contribution in [0.15, 0.2) is 77.9 Å². The number of carbonyl (C=O) groups excluding carboxylic acids is 1. The van der Waals surface area contributed by atoms with E-state index in [1.54, 1.807) is 17.8 Å². The highest BCUT2D eigenvalue weighted by Crippen LogP contribution is 2.19. The van der Waals surface area contributed by atoms with Gasteiger partial charge in [0, 0.05) is 10.6 Å². The van der Waals surface area contributed by atoms with Crippen LogP contribution in [0.1, 0.15) is 24.1 Å². The summed E-state index contributed by atoms with van der Waals surface area (Å²) in [6.45, 7) is 2.14. The van der Waals surface area contributed by atoms with Gasteiger partial charge in [0.05, 0.1) is 11.7 Å². The van der Waals surface area contributed by atoms with E-state index < -0.39 is 6.04 Å². The van der Waals surface area contributed by atoms with Gasteiger partial charge in [0.1, 0.15) is 23.9 Å².